The Morgan fingerprint density at radius 3 is 2.84 bits per heavy atom. The second kappa shape index (κ2) is 5.56. The van der Waals surface area contributed by atoms with Crippen molar-refractivity contribution in [3.8, 4) is 5.75 Å². The molecule has 0 fully saturated rings. The van der Waals surface area contributed by atoms with Crippen LogP contribution in [0.2, 0.25) is 0 Å². The first kappa shape index (κ1) is 13.1. The Hall–Kier alpha value is -2.30. The largest absolute Gasteiger partial charge is 0.487 e. The molecule has 0 aliphatic heterocycles. The van der Waals surface area contributed by atoms with E-state index in [1.165, 1.54) is 0 Å². The van der Waals surface area contributed by atoms with Crippen molar-refractivity contribution in [1.82, 2.24) is 4.98 Å². The zero-order valence-corrected chi connectivity index (χ0v) is 10.8. The van der Waals surface area contributed by atoms with Gasteiger partial charge in [0.25, 0.3) is 0 Å². The van der Waals surface area contributed by atoms with E-state index in [2.05, 4.69) is 4.98 Å². The molecule has 0 saturated carbocycles. The Morgan fingerprint density at radius 2 is 2.21 bits per heavy atom. The second-order valence-corrected chi connectivity index (χ2v) is 4.24. The lowest BCUT2D eigenvalue weighted by Gasteiger charge is -2.06. The van der Waals surface area contributed by atoms with Crippen molar-refractivity contribution in [3.63, 3.8) is 0 Å². The predicted molar refractivity (Wildman–Crippen MR) is 68.1 cm³/mol. The third kappa shape index (κ3) is 3.58. The van der Waals surface area contributed by atoms with Crippen LogP contribution in [0, 0.1) is 13.8 Å². The SMILES string of the molecule is Cc1nc(COc2cccc(CC(=O)O)c2)c(C)o1. The van der Waals surface area contributed by atoms with E-state index in [1.54, 1.807) is 31.2 Å². The van der Waals surface area contributed by atoms with Crippen molar-refractivity contribution >= 4 is 5.97 Å². The standard InChI is InChI=1S/C14H15NO4/c1-9-13(15-10(2)19-9)8-18-12-5-3-4-11(6-12)7-14(16)17/h3-6H,7-8H2,1-2H3,(H,16,17). The molecule has 0 radical (unpaired) electrons. The second-order valence-electron chi connectivity index (χ2n) is 4.24. The molecule has 2 rings (SSSR count). The van der Waals surface area contributed by atoms with Gasteiger partial charge in [0.05, 0.1) is 6.42 Å². The quantitative estimate of drug-likeness (QED) is 0.895. The van der Waals surface area contributed by atoms with Crippen molar-refractivity contribution in [1.29, 1.82) is 0 Å². The van der Waals surface area contributed by atoms with Crippen LogP contribution < -0.4 is 4.74 Å². The normalized spacial score (nSPS) is 10.4. The number of oxazole rings is 1. The van der Waals surface area contributed by atoms with E-state index in [9.17, 15) is 4.79 Å². The molecule has 1 N–H and O–H groups in total. The van der Waals surface area contributed by atoms with Gasteiger partial charge in [0.2, 0.25) is 0 Å². The molecule has 0 saturated heterocycles. The van der Waals surface area contributed by atoms with Crippen LogP contribution in [-0.2, 0) is 17.8 Å². The van der Waals surface area contributed by atoms with Gasteiger partial charge in [-0.1, -0.05) is 12.1 Å². The summed E-state index contributed by atoms with van der Waals surface area (Å²) in [6.45, 7) is 3.92. The molecule has 19 heavy (non-hydrogen) atoms. The number of aryl methyl sites for hydroxylation is 2. The predicted octanol–water partition coefficient (Wildman–Crippen LogP) is 2.50. The van der Waals surface area contributed by atoms with Gasteiger partial charge in [0.1, 0.15) is 23.8 Å². The Kier molecular flexibility index (Phi) is 3.85. The van der Waals surface area contributed by atoms with Gasteiger partial charge in [-0.05, 0) is 24.6 Å². The summed E-state index contributed by atoms with van der Waals surface area (Å²) in [5, 5.41) is 8.74. The lowest BCUT2D eigenvalue weighted by Crippen LogP contribution is -2.01. The van der Waals surface area contributed by atoms with E-state index < -0.39 is 5.97 Å². The Balaban J connectivity index is 2.03. The number of carbonyl (C=O) groups is 1. The first-order chi connectivity index (χ1) is 9.04. The molecule has 100 valence electrons. The van der Waals surface area contributed by atoms with Crippen LogP contribution in [0.4, 0.5) is 0 Å². The number of nitrogens with zero attached hydrogens (tertiary/aromatic N) is 1. The zero-order chi connectivity index (χ0) is 13.8. The van der Waals surface area contributed by atoms with E-state index in [0.717, 1.165) is 11.5 Å². The number of ether oxygens (including phenoxy) is 1. The zero-order valence-electron chi connectivity index (χ0n) is 10.8. The fourth-order valence-corrected chi connectivity index (χ4v) is 1.78. The fraction of sp³-hybridized carbons (Fsp3) is 0.286. The molecule has 0 spiro atoms. The minimum atomic E-state index is -0.861. The average molecular weight is 261 g/mol. The number of aromatic nitrogens is 1. The van der Waals surface area contributed by atoms with Gasteiger partial charge in [-0.15, -0.1) is 0 Å². The summed E-state index contributed by atoms with van der Waals surface area (Å²) in [7, 11) is 0. The van der Waals surface area contributed by atoms with E-state index in [-0.39, 0.29) is 6.42 Å². The van der Waals surface area contributed by atoms with Gasteiger partial charge >= 0.3 is 5.97 Å². The Labute approximate surface area is 110 Å². The molecule has 0 amide bonds. The summed E-state index contributed by atoms with van der Waals surface area (Å²) in [5.41, 5.74) is 1.46. The fourth-order valence-electron chi connectivity index (χ4n) is 1.78. The maximum absolute atomic E-state index is 10.6. The highest BCUT2D eigenvalue weighted by Crippen LogP contribution is 2.17. The van der Waals surface area contributed by atoms with Crippen LogP contribution >= 0.6 is 0 Å². The molecule has 0 bridgehead atoms. The lowest BCUT2D eigenvalue weighted by atomic mass is 10.1. The number of carboxylic acid groups (broad SMARTS) is 1. The Morgan fingerprint density at radius 1 is 1.42 bits per heavy atom. The highest BCUT2D eigenvalue weighted by molar-refractivity contribution is 5.70. The molecule has 0 atom stereocenters. The van der Waals surface area contributed by atoms with Crippen molar-refractivity contribution in [2.75, 3.05) is 0 Å². The minimum Gasteiger partial charge on any atom is -0.487 e. The summed E-state index contributed by atoms with van der Waals surface area (Å²) in [5.74, 6) is 1.11. The van der Waals surface area contributed by atoms with Crippen molar-refractivity contribution < 1.29 is 19.1 Å². The molecular formula is C14H15NO4. The van der Waals surface area contributed by atoms with Crippen molar-refractivity contribution in [2.45, 2.75) is 26.9 Å². The molecular weight excluding hydrogens is 246 g/mol. The van der Waals surface area contributed by atoms with Gasteiger partial charge in [-0.3, -0.25) is 4.79 Å². The van der Waals surface area contributed by atoms with Crippen LogP contribution in [-0.4, -0.2) is 16.1 Å². The number of aliphatic carboxylic acids is 1. The first-order valence-corrected chi connectivity index (χ1v) is 5.91. The van der Waals surface area contributed by atoms with Gasteiger partial charge < -0.3 is 14.3 Å². The van der Waals surface area contributed by atoms with Crippen LogP contribution in [0.25, 0.3) is 0 Å². The topological polar surface area (TPSA) is 72.6 Å². The van der Waals surface area contributed by atoms with Gasteiger partial charge in [-0.25, -0.2) is 4.98 Å². The van der Waals surface area contributed by atoms with Gasteiger partial charge in [-0.2, -0.15) is 0 Å². The molecule has 1 heterocycles. The van der Waals surface area contributed by atoms with Gasteiger partial charge in [0.15, 0.2) is 5.89 Å². The van der Waals surface area contributed by atoms with Crippen LogP contribution in [0.3, 0.4) is 0 Å². The van der Waals surface area contributed by atoms with Crippen LogP contribution in [0.1, 0.15) is 22.9 Å². The number of benzene rings is 1. The minimum absolute atomic E-state index is 0.0146. The monoisotopic (exact) mass is 261 g/mol. The molecule has 1 aromatic carbocycles. The van der Waals surface area contributed by atoms with Gasteiger partial charge in [0, 0.05) is 6.92 Å². The smallest absolute Gasteiger partial charge is 0.307 e. The van der Waals surface area contributed by atoms with Crippen molar-refractivity contribution in [3.05, 3.63) is 47.2 Å². The average Bonchev–Trinajstić information content (AvgIpc) is 2.65. The summed E-state index contributed by atoms with van der Waals surface area (Å²) in [4.78, 5) is 14.9. The summed E-state index contributed by atoms with van der Waals surface area (Å²) >= 11 is 0. The first-order valence-electron chi connectivity index (χ1n) is 5.91. The molecule has 0 aliphatic rings. The van der Waals surface area contributed by atoms with Crippen LogP contribution in [0.5, 0.6) is 5.75 Å². The van der Waals surface area contributed by atoms with E-state index in [0.29, 0.717) is 23.8 Å². The summed E-state index contributed by atoms with van der Waals surface area (Å²) in [6, 6.07) is 7.03. The van der Waals surface area contributed by atoms with E-state index in [4.69, 9.17) is 14.3 Å². The van der Waals surface area contributed by atoms with E-state index in [1.807, 2.05) is 6.92 Å². The number of rotatable bonds is 5. The molecule has 5 nitrogen and oxygen atoms in total. The number of hydrogen-bond acceptors (Lipinski definition) is 4. The third-order valence-electron chi connectivity index (χ3n) is 2.63. The number of carboxylic acids is 1. The van der Waals surface area contributed by atoms with E-state index >= 15 is 0 Å². The third-order valence-corrected chi connectivity index (χ3v) is 2.63. The number of hydrogen-bond donors (Lipinski definition) is 1. The van der Waals surface area contributed by atoms with Crippen molar-refractivity contribution in [2.24, 2.45) is 0 Å². The lowest BCUT2D eigenvalue weighted by molar-refractivity contribution is -0.136. The molecule has 1 aromatic heterocycles. The molecule has 0 unspecified atom stereocenters. The highest BCUT2D eigenvalue weighted by Gasteiger charge is 2.08. The maximum Gasteiger partial charge on any atom is 0.307 e. The summed E-state index contributed by atoms with van der Waals surface area (Å²) < 4.78 is 10.9. The summed E-state index contributed by atoms with van der Waals surface area (Å²) in [6.07, 6.45) is -0.0146. The molecule has 5 heteroatoms. The maximum atomic E-state index is 10.6. The highest BCUT2D eigenvalue weighted by atomic mass is 16.5. The van der Waals surface area contributed by atoms with Crippen LogP contribution in [0.15, 0.2) is 28.7 Å². The molecule has 0 aliphatic carbocycles. The Bertz CT molecular complexity index is 589. The molecule has 2 aromatic rings.